The molecular formula is C12H8BN. The van der Waals surface area contributed by atoms with E-state index in [1.54, 1.807) is 0 Å². The van der Waals surface area contributed by atoms with Gasteiger partial charge in [-0.25, -0.2) is 0 Å². The Bertz CT molecular complexity index is 610. The molecule has 2 radical (unpaired) electrons. The van der Waals surface area contributed by atoms with Crippen molar-refractivity contribution < 1.29 is 0 Å². The van der Waals surface area contributed by atoms with Gasteiger partial charge in [-0.3, -0.25) is 0 Å². The first-order valence-electron chi connectivity index (χ1n) is 4.61. The molecule has 1 heterocycles. The van der Waals surface area contributed by atoms with Crippen LogP contribution in [0.25, 0.3) is 21.8 Å². The van der Waals surface area contributed by atoms with Gasteiger partial charge in [-0.2, -0.15) is 0 Å². The topological polar surface area (TPSA) is 15.8 Å². The van der Waals surface area contributed by atoms with Crippen molar-refractivity contribution in [3.63, 3.8) is 0 Å². The van der Waals surface area contributed by atoms with Crippen molar-refractivity contribution in [1.82, 2.24) is 4.98 Å². The average Bonchev–Trinajstić information content (AvgIpc) is 2.59. The molecule has 0 fully saturated rings. The number of H-pyrrole nitrogens is 1. The molecular weight excluding hydrogens is 169 g/mol. The average molecular weight is 177 g/mol. The molecule has 0 atom stereocenters. The van der Waals surface area contributed by atoms with Crippen molar-refractivity contribution in [1.29, 1.82) is 0 Å². The second-order valence-corrected chi connectivity index (χ2v) is 3.44. The van der Waals surface area contributed by atoms with Gasteiger partial charge in [0.2, 0.25) is 0 Å². The minimum atomic E-state index is 0.804. The predicted octanol–water partition coefficient (Wildman–Crippen LogP) is 2.11. The third-order valence-corrected chi connectivity index (χ3v) is 2.57. The molecule has 14 heavy (non-hydrogen) atoms. The van der Waals surface area contributed by atoms with Gasteiger partial charge in [0.05, 0.1) is 0 Å². The van der Waals surface area contributed by atoms with Gasteiger partial charge in [-0.1, -0.05) is 41.9 Å². The van der Waals surface area contributed by atoms with E-state index in [-0.39, 0.29) is 0 Å². The summed E-state index contributed by atoms with van der Waals surface area (Å²) < 4.78 is 0. The maximum Gasteiger partial charge on any atom is 0.116 e. The van der Waals surface area contributed by atoms with E-state index in [0.717, 1.165) is 16.5 Å². The van der Waals surface area contributed by atoms with Crippen LogP contribution in [0.15, 0.2) is 42.5 Å². The molecule has 1 nitrogen and oxygen atoms in total. The molecule has 0 unspecified atom stereocenters. The summed E-state index contributed by atoms with van der Waals surface area (Å²) >= 11 is 0. The van der Waals surface area contributed by atoms with Crippen LogP contribution in [0.3, 0.4) is 0 Å². The smallest absolute Gasteiger partial charge is 0.116 e. The van der Waals surface area contributed by atoms with Crippen LogP contribution in [0.1, 0.15) is 0 Å². The van der Waals surface area contributed by atoms with Crippen LogP contribution in [0, 0.1) is 0 Å². The Morgan fingerprint density at radius 2 is 1.64 bits per heavy atom. The molecule has 3 aromatic rings. The number of nitrogens with one attached hydrogen (secondary N) is 1. The molecule has 1 aromatic heterocycles. The Hall–Kier alpha value is -1.70. The Morgan fingerprint density at radius 3 is 2.57 bits per heavy atom. The monoisotopic (exact) mass is 177 g/mol. The minimum Gasteiger partial charge on any atom is -0.355 e. The lowest BCUT2D eigenvalue weighted by atomic mass is 9.94. The number of fused-ring (bicyclic) bond motifs is 3. The van der Waals surface area contributed by atoms with Crippen LogP contribution in [-0.4, -0.2) is 12.8 Å². The highest BCUT2D eigenvalue weighted by Gasteiger charge is 2.03. The molecule has 2 aromatic carbocycles. The van der Waals surface area contributed by atoms with E-state index < -0.39 is 0 Å². The number of benzene rings is 2. The Morgan fingerprint density at radius 1 is 0.857 bits per heavy atom. The van der Waals surface area contributed by atoms with Gasteiger partial charge in [0.15, 0.2) is 0 Å². The summed E-state index contributed by atoms with van der Waals surface area (Å²) in [5.74, 6) is 0. The lowest BCUT2D eigenvalue weighted by molar-refractivity contribution is 1.56. The molecule has 2 heteroatoms. The van der Waals surface area contributed by atoms with Gasteiger partial charge in [0, 0.05) is 21.8 Å². The van der Waals surface area contributed by atoms with Crippen molar-refractivity contribution in [3.8, 4) is 0 Å². The van der Waals surface area contributed by atoms with Crippen molar-refractivity contribution >= 4 is 35.1 Å². The van der Waals surface area contributed by atoms with Crippen LogP contribution < -0.4 is 5.46 Å². The second-order valence-electron chi connectivity index (χ2n) is 3.44. The molecule has 3 rings (SSSR count). The molecule has 0 aliphatic carbocycles. The van der Waals surface area contributed by atoms with Crippen molar-refractivity contribution in [3.05, 3.63) is 42.5 Å². The summed E-state index contributed by atoms with van der Waals surface area (Å²) in [7, 11) is 5.89. The van der Waals surface area contributed by atoms with E-state index in [9.17, 15) is 0 Å². The van der Waals surface area contributed by atoms with E-state index >= 15 is 0 Å². The highest BCUT2D eigenvalue weighted by molar-refractivity contribution is 6.39. The number of aromatic nitrogens is 1. The second kappa shape index (κ2) is 2.64. The number of hydrogen-bond donors (Lipinski definition) is 1. The summed E-state index contributed by atoms with van der Waals surface area (Å²) in [6.45, 7) is 0. The number of rotatable bonds is 0. The summed E-state index contributed by atoms with van der Waals surface area (Å²) in [6.07, 6.45) is 0. The highest BCUT2D eigenvalue weighted by Crippen LogP contribution is 2.22. The molecule has 0 spiro atoms. The molecule has 0 aliphatic heterocycles. The minimum absolute atomic E-state index is 0.804. The van der Waals surface area contributed by atoms with Gasteiger partial charge in [-0.15, -0.1) is 0 Å². The van der Waals surface area contributed by atoms with Gasteiger partial charge in [-0.05, 0) is 6.07 Å². The normalized spacial score (nSPS) is 11.1. The Labute approximate surface area is 83.2 Å². The molecule has 0 aliphatic rings. The molecule has 0 saturated heterocycles. The van der Waals surface area contributed by atoms with Gasteiger partial charge < -0.3 is 4.98 Å². The van der Waals surface area contributed by atoms with E-state index in [0.29, 0.717) is 0 Å². The first kappa shape index (κ1) is 7.68. The molecule has 0 saturated carbocycles. The van der Waals surface area contributed by atoms with E-state index in [2.05, 4.69) is 23.2 Å². The summed E-state index contributed by atoms with van der Waals surface area (Å²) in [6, 6.07) is 14.2. The van der Waals surface area contributed by atoms with Gasteiger partial charge in [0.1, 0.15) is 7.85 Å². The summed E-state index contributed by atoms with van der Waals surface area (Å²) in [5, 5.41) is 2.43. The SMILES string of the molecule is [B]c1cccc2c1[nH]c1ccccc12. The first-order valence-corrected chi connectivity index (χ1v) is 4.61. The highest BCUT2D eigenvalue weighted by atomic mass is 14.7. The van der Waals surface area contributed by atoms with Crippen molar-refractivity contribution in [2.45, 2.75) is 0 Å². The molecule has 0 bridgehead atoms. The van der Waals surface area contributed by atoms with Crippen LogP contribution in [0.4, 0.5) is 0 Å². The maximum atomic E-state index is 5.89. The first-order chi connectivity index (χ1) is 6.86. The van der Waals surface area contributed by atoms with E-state index in [4.69, 9.17) is 7.85 Å². The van der Waals surface area contributed by atoms with Crippen LogP contribution in [-0.2, 0) is 0 Å². The molecule has 1 N–H and O–H groups in total. The summed E-state index contributed by atoms with van der Waals surface area (Å²) in [5.41, 5.74) is 2.98. The standard InChI is InChI=1S/C12H8BN/c13-10-6-3-5-9-8-4-1-2-7-11(8)14-12(9)10/h1-7,14H. The fourth-order valence-corrected chi connectivity index (χ4v) is 1.90. The number of para-hydroxylation sites is 2. The van der Waals surface area contributed by atoms with E-state index in [1.807, 2.05) is 24.3 Å². The summed E-state index contributed by atoms with van der Waals surface area (Å²) in [4.78, 5) is 3.32. The van der Waals surface area contributed by atoms with Crippen molar-refractivity contribution in [2.24, 2.45) is 0 Å². The third-order valence-electron chi connectivity index (χ3n) is 2.57. The maximum absolute atomic E-state index is 5.89. The van der Waals surface area contributed by atoms with E-state index in [1.165, 1.54) is 10.8 Å². The van der Waals surface area contributed by atoms with Crippen LogP contribution >= 0.6 is 0 Å². The van der Waals surface area contributed by atoms with Crippen LogP contribution in [0.2, 0.25) is 0 Å². The quantitative estimate of drug-likeness (QED) is 0.506. The van der Waals surface area contributed by atoms with Gasteiger partial charge in [0.25, 0.3) is 0 Å². The fourth-order valence-electron chi connectivity index (χ4n) is 1.90. The van der Waals surface area contributed by atoms with Crippen LogP contribution in [0.5, 0.6) is 0 Å². The number of aromatic amines is 1. The number of hydrogen-bond acceptors (Lipinski definition) is 0. The van der Waals surface area contributed by atoms with Crippen molar-refractivity contribution in [2.75, 3.05) is 0 Å². The lowest BCUT2D eigenvalue weighted by Gasteiger charge is -1.94. The molecule has 0 amide bonds. The Balaban J connectivity index is 2.63. The molecule has 64 valence electrons. The zero-order chi connectivity index (χ0) is 9.54. The third kappa shape index (κ3) is 0.910. The fraction of sp³-hybridized carbons (Fsp3) is 0. The Kier molecular flexibility index (Phi) is 1.45. The zero-order valence-corrected chi connectivity index (χ0v) is 7.62. The predicted molar refractivity (Wildman–Crippen MR) is 61.2 cm³/mol. The largest absolute Gasteiger partial charge is 0.355 e. The van der Waals surface area contributed by atoms with Gasteiger partial charge >= 0.3 is 0 Å². The zero-order valence-electron chi connectivity index (χ0n) is 7.62. The lowest BCUT2D eigenvalue weighted by Crippen LogP contribution is -2.01.